The van der Waals surface area contributed by atoms with Crippen LogP contribution in [0.2, 0.25) is 0 Å². The van der Waals surface area contributed by atoms with Crippen molar-refractivity contribution in [1.29, 1.82) is 0 Å². The first-order valence-corrected chi connectivity index (χ1v) is 13.5. The quantitative estimate of drug-likeness (QED) is 0.0734. The lowest BCUT2D eigenvalue weighted by atomic mass is 10.1. The molecule has 0 aromatic heterocycles. The van der Waals surface area contributed by atoms with E-state index in [0.29, 0.717) is 46.0 Å². The Morgan fingerprint density at radius 1 is 0.763 bits per heavy atom. The normalized spacial score (nSPS) is 10.9. The molecule has 0 unspecified atom stereocenters. The number of non-ortho nitro benzene ring substituents is 1. The number of hydrogen-bond acceptors (Lipinski definition) is 10. The number of nitrogens with zero attached hydrogens (tertiary/aromatic N) is 2. The molecular formula is C26H43N3O9. The molecule has 0 spiro atoms. The van der Waals surface area contributed by atoms with E-state index < -0.39 is 9.85 Å². The molecule has 38 heavy (non-hydrogen) atoms. The minimum Gasteiger partial charge on any atom is -0.463 e. The second-order valence-electron chi connectivity index (χ2n) is 8.78. The fourth-order valence-corrected chi connectivity index (χ4v) is 3.60. The lowest BCUT2D eigenvalue weighted by Gasteiger charge is -2.09. The third-order valence-electron chi connectivity index (χ3n) is 5.67. The highest BCUT2D eigenvalue weighted by atomic mass is 16.6. The van der Waals surface area contributed by atoms with Gasteiger partial charge in [0.2, 0.25) is 0 Å². The molecule has 0 saturated heterocycles. The average molecular weight is 542 g/mol. The number of ether oxygens (including phenoxy) is 4. The number of hydrogen-bond donors (Lipinski definition) is 1. The lowest BCUT2D eigenvalue weighted by molar-refractivity contribution is -0.393. The number of nitro benzene ring substituents is 2. The first-order chi connectivity index (χ1) is 18.5. The molecule has 0 aliphatic carbocycles. The second-order valence-corrected chi connectivity index (χ2v) is 8.78. The van der Waals surface area contributed by atoms with Gasteiger partial charge in [-0.15, -0.1) is 0 Å². The predicted molar refractivity (Wildman–Crippen MR) is 144 cm³/mol. The van der Waals surface area contributed by atoms with Crippen LogP contribution in [0.5, 0.6) is 0 Å². The Morgan fingerprint density at radius 2 is 1.32 bits per heavy atom. The van der Waals surface area contributed by atoms with Gasteiger partial charge < -0.3 is 24.3 Å². The third-order valence-corrected chi connectivity index (χ3v) is 5.67. The third kappa shape index (κ3) is 16.8. The van der Waals surface area contributed by atoms with Gasteiger partial charge in [-0.1, -0.05) is 58.3 Å². The first kappa shape index (κ1) is 33.2. The van der Waals surface area contributed by atoms with Gasteiger partial charge in [0.25, 0.3) is 11.4 Å². The molecule has 1 rings (SSSR count). The van der Waals surface area contributed by atoms with Crippen molar-refractivity contribution in [1.82, 2.24) is 0 Å². The highest BCUT2D eigenvalue weighted by Gasteiger charge is 2.19. The number of carbonyl (C=O) groups excluding carboxylic acids is 1. The van der Waals surface area contributed by atoms with Crippen LogP contribution < -0.4 is 5.32 Å². The molecule has 12 heteroatoms. The summed E-state index contributed by atoms with van der Waals surface area (Å²) >= 11 is 0. The summed E-state index contributed by atoms with van der Waals surface area (Å²) < 4.78 is 21.3. The molecule has 0 aliphatic heterocycles. The fourth-order valence-electron chi connectivity index (χ4n) is 3.60. The number of unbranched alkanes of at least 4 members (excludes halogenated alkanes) is 8. The smallest absolute Gasteiger partial charge is 0.305 e. The number of benzene rings is 1. The van der Waals surface area contributed by atoms with Crippen molar-refractivity contribution in [3.63, 3.8) is 0 Å². The summed E-state index contributed by atoms with van der Waals surface area (Å²) in [6, 6.07) is 3.43. The number of nitro groups is 2. The van der Waals surface area contributed by atoms with Crippen LogP contribution in [0.1, 0.15) is 71.1 Å². The van der Waals surface area contributed by atoms with E-state index in [1.54, 1.807) is 0 Å². The van der Waals surface area contributed by atoms with E-state index in [1.807, 2.05) is 0 Å². The van der Waals surface area contributed by atoms with Crippen LogP contribution in [-0.2, 0) is 23.7 Å². The van der Waals surface area contributed by atoms with Crippen LogP contribution in [0.25, 0.3) is 0 Å². The maximum atomic E-state index is 11.7. The van der Waals surface area contributed by atoms with Crippen LogP contribution in [-0.4, -0.2) is 68.6 Å². The number of rotatable bonds is 25. The molecule has 0 atom stereocenters. The largest absolute Gasteiger partial charge is 0.463 e. The monoisotopic (exact) mass is 541 g/mol. The van der Waals surface area contributed by atoms with Gasteiger partial charge in [-0.3, -0.25) is 25.0 Å². The van der Waals surface area contributed by atoms with Crippen LogP contribution in [0.4, 0.5) is 17.1 Å². The zero-order valence-corrected chi connectivity index (χ0v) is 22.5. The van der Waals surface area contributed by atoms with Gasteiger partial charge in [0.1, 0.15) is 12.3 Å². The van der Waals surface area contributed by atoms with E-state index in [4.69, 9.17) is 18.9 Å². The summed E-state index contributed by atoms with van der Waals surface area (Å²) in [5.74, 6) is -0.178. The van der Waals surface area contributed by atoms with Crippen LogP contribution in [0.3, 0.4) is 0 Å². The zero-order chi connectivity index (χ0) is 27.8. The highest BCUT2D eigenvalue weighted by Crippen LogP contribution is 2.28. The molecule has 1 N–H and O–H groups in total. The Hall–Kier alpha value is -2.83. The summed E-state index contributed by atoms with van der Waals surface area (Å²) in [5.41, 5.74) is -0.520. The molecule has 12 nitrogen and oxygen atoms in total. The topological polar surface area (TPSA) is 152 Å². The second kappa shape index (κ2) is 22.2. The van der Waals surface area contributed by atoms with E-state index in [9.17, 15) is 25.0 Å². The summed E-state index contributed by atoms with van der Waals surface area (Å²) in [6.07, 6.45) is 11.3. The Labute approximate surface area is 224 Å². The van der Waals surface area contributed by atoms with E-state index >= 15 is 0 Å². The Bertz CT molecular complexity index is 808. The molecule has 0 aliphatic rings. The summed E-state index contributed by atoms with van der Waals surface area (Å²) in [5, 5.41) is 24.7. The van der Waals surface area contributed by atoms with Gasteiger partial charge in [-0.05, 0) is 12.5 Å². The number of nitrogens with one attached hydrogen (secondary N) is 1. The van der Waals surface area contributed by atoms with Gasteiger partial charge >= 0.3 is 5.97 Å². The number of esters is 1. The summed E-state index contributed by atoms with van der Waals surface area (Å²) in [4.78, 5) is 32.2. The van der Waals surface area contributed by atoms with Gasteiger partial charge in [-0.2, -0.15) is 0 Å². The van der Waals surface area contributed by atoms with Gasteiger partial charge in [-0.25, -0.2) is 0 Å². The van der Waals surface area contributed by atoms with Crippen molar-refractivity contribution in [2.24, 2.45) is 0 Å². The molecule has 0 amide bonds. The Kier molecular flexibility index (Phi) is 19.4. The maximum absolute atomic E-state index is 11.7. The predicted octanol–water partition coefficient (Wildman–Crippen LogP) is 5.43. The lowest BCUT2D eigenvalue weighted by Crippen LogP contribution is -2.15. The molecule has 0 saturated carbocycles. The fraction of sp³-hybridized carbons (Fsp3) is 0.731. The van der Waals surface area contributed by atoms with Crippen LogP contribution >= 0.6 is 0 Å². The van der Waals surface area contributed by atoms with Crippen LogP contribution in [0, 0.1) is 20.2 Å². The first-order valence-electron chi connectivity index (χ1n) is 13.5. The van der Waals surface area contributed by atoms with Gasteiger partial charge in [0, 0.05) is 19.0 Å². The molecule has 216 valence electrons. The molecule has 0 heterocycles. The Morgan fingerprint density at radius 3 is 1.89 bits per heavy atom. The van der Waals surface area contributed by atoms with Crippen LogP contribution in [0.15, 0.2) is 18.2 Å². The van der Waals surface area contributed by atoms with Crippen molar-refractivity contribution < 1.29 is 33.6 Å². The standard InChI is InChI=1S/C26H43N3O9/c1-2-3-4-5-6-7-8-9-10-11-26(30)38-21-20-37-19-18-36-17-16-35-15-14-27-24-13-12-23(28(31)32)22-25(24)29(33)34/h12-13,22,27H,2-11,14-21H2,1H3. The molecule has 1 aromatic rings. The Balaban J connectivity index is 1.90. The summed E-state index contributed by atoms with van der Waals surface area (Å²) in [7, 11) is 0. The number of carbonyl (C=O) groups is 1. The highest BCUT2D eigenvalue weighted by molar-refractivity contribution is 5.69. The molecule has 1 aromatic carbocycles. The maximum Gasteiger partial charge on any atom is 0.305 e. The minimum atomic E-state index is -0.681. The van der Waals surface area contributed by atoms with E-state index in [1.165, 1.54) is 57.1 Å². The van der Waals surface area contributed by atoms with Crippen molar-refractivity contribution in [3.8, 4) is 0 Å². The molecule has 0 radical (unpaired) electrons. The van der Waals surface area contributed by atoms with Gasteiger partial charge in [0.15, 0.2) is 0 Å². The van der Waals surface area contributed by atoms with E-state index in [-0.39, 0.29) is 36.2 Å². The van der Waals surface area contributed by atoms with Crippen molar-refractivity contribution in [2.75, 3.05) is 58.1 Å². The van der Waals surface area contributed by atoms with Crippen molar-refractivity contribution >= 4 is 23.0 Å². The average Bonchev–Trinajstić information content (AvgIpc) is 2.90. The number of anilines is 1. The van der Waals surface area contributed by atoms with Crippen molar-refractivity contribution in [2.45, 2.75) is 71.1 Å². The zero-order valence-electron chi connectivity index (χ0n) is 22.5. The van der Waals surface area contributed by atoms with Gasteiger partial charge in [0.05, 0.1) is 55.6 Å². The molecule has 0 bridgehead atoms. The molecular weight excluding hydrogens is 498 g/mol. The minimum absolute atomic E-state index is 0.178. The van der Waals surface area contributed by atoms with Crippen molar-refractivity contribution in [3.05, 3.63) is 38.4 Å². The molecule has 0 fully saturated rings. The SMILES string of the molecule is CCCCCCCCCCCC(=O)OCCOCCOCCOCCNc1ccc([N+](=O)[O-])cc1[N+](=O)[O-]. The van der Waals surface area contributed by atoms with E-state index in [0.717, 1.165) is 18.9 Å². The summed E-state index contributed by atoms with van der Waals surface area (Å²) in [6.45, 7) is 4.79. The van der Waals surface area contributed by atoms with E-state index in [2.05, 4.69) is 12.2 Å².